The number of alkyl halides is 1. The maximum absolute atomic E-state index is 11.5. The zero-order chi connectivity index (χ0) is 14.8. The number of cyclic esters (lactones) is 1. The molecule has 1 heterocycles. The number of hydrogen-bond donors (Lipinski definition) is 0. The Hall–Kier alpha value is -0.440. The molecule has 3 fully saturated rings. The van der Waals surface area contributed by atoms with Crippen LogP contribution in [0, 0.1) is 22.7 Å². The van der Waals surface area contributed by atoms with Gasteiger partial charge in [-0.1, -0.05) is 20.8 Å². The van der Waals surface area contributed by atoms with E-state index in [0.717, 1.165) is 25.7 Å². The van der Waals surface area contributed by atoms with E-state index in [-0.39, 0.29) is 27.7 Å². The van der Waals surface area contributed by atoms with Gasteiger partial charge >= 0.3 is 6.16 Å². The Morgan fingerprint density at radius 1 is 1.10 bits per heavy atom. The summed E-state index contributed by atoms with van der Waals surface area (Å²) in [5.74, 6) is 0.833. The molecule has 3 aliphatic rings. The molecule has 114 valence electrons. The van der Waals surface area contributed by atoms with E-state index in [0.29, 0.717) is 12.5 Å². The maximum Gasteiger partial charge on any atom is 0.508 e. The zero-order valence-corrected chi connectivity index (χ0v) is 13.6. The first kappa shape index (κ1) is 14.5. The molecule has 0 N–H and O–H groups in total. The van der Waals surface area contributed by atoms with Gasteiger partial charge in [0.1, 0.15) is 12.2 Å². The quantitative estimate of drug-likeness (QED) is 0.492. The second-order valence-corrected chi connectivity index (χ2v) is 8.48. The van der Waals surface area contributed by atoms with Crippen molar-refractivity contribution in [1.82, 2.24) is 0 Å². The van der Waals surface area contributed by atoms with Crippen LogP contribution in [0.3, 0.4) is 0 Å². The average molecular weight is 301 g/mol. The number of ether oxygens (including phenoxy) is 2. The Kier molecular flexibility index (Phi) is 3.10. The molecule has 0 aromatic rings. The second-order valence-electron chi connectivity index (χ2n) is 7.95. The van der Waals surface area contributed by atoms with Crippen LogP contribution in [0.4, 0.5) is 4.79 Å². The van der Waals surface area contributed by atoms with Crippen LogP contribution >= 0.6 is 11.6 Å². The molecule has 4 heteroatoms. The van der Waals surface area contributed by atoms with E-state index in [1.807, 2.05) is 0 Å². The third-order valence-corrected chi connectivity index (χ3v) is 7.37. The lowest BCUT2D eigenvalue weighted by Crippen LogP contribution is -2.63. The van der Waals surface area contributed by atoms with Gasteiger partial charge in [-0.15, -0.1) is 11.6 Å². The van der Waals surface area contributed by atoms with Gasteiger partial charge in [-0.3, -0.25) is 0 Å². The molecule has 0 aromatic heterocycles. The second kappa shape index (κ2) is 4.28. The van der Waals surface area contributed by atoms with Crippen molar-refractivity contribution in [2.24, 2.45) is 22.7 Å². The molecule has 2 saturated carbocycles. The van der Waals surface area contributed by atoms with Gasteiger partial charge in [-0.05, 0) is 49.4 Å². The third kappa shape index (κ3) is 1.81. The largest absolute Gasteiger partial charge is 0.508 e. The molecule has 0 amide bonds. The minimum Gasteiger partial charge on any atom is -0.434 e. The average Bonchev–Trinajstić information content (AvgIpc) is 2.33. The van der Waals surface area contributed by atoms with Crippen molar-refractivity contribution in [3.05, 3.63) is 0 Å². The molecule has 1 saturated heterocycles. The van der Waals surface area contributed by atoms with Crippen LogP contribution in [-0.2, 0) is 9.47 Å². The summed E-state index contributed by atoms with van der Waals surface area (Å²) < 4.78 is 10.8. The van der Waals surface area contributed by atoms with E-state index in [4.69, 9.17) is 21.1 Å². The van der Waals surface area contributed by atoms with Gasteiger partial charge in [0.15, 0.2) is 0 Å². The van der Waals surface area contributed by atoms with Crippen molar-refractivity contribution < 1.29 is 14.3 Å². The van der Waals surface area contributed by atoms with Gasteiger partial charge < -0.3 is 9.47 Å². The van der Waals surface area contributed by atoms with Crippen molar-refractivity contribution in [2.75, 3.05) is 6.61 Å². The fourth-order valence-corrected chi connectivity index (χ4v) is 5.59. The van der Waals surface area contributed by atoms with Gasteiger partial charge in [0.2, 0.25) is 0 Å². The summed E-state index contributed by atoms with van der Waals surface area (Å²) in [5.41, 5.74) is -0.101. The number of halogens is 1. The number of hydrogen-bond acceptors (Lipinski definition) is 3. The summed E-state index contributed by atoms with van der Waals surface area (Å²) in [6.45, 7) is 9.52. The Morgan fingerprint density at radius 2 is 1.80 bits per heavy atom. The summed E-state index contributed by atoms with van der Waals surface area (Å²) in [7, 11) is 0. The highest BCUT2D eigenvalue weighted by Gasteiger charge is 2.63. The van der Waals surface area contributed by atoms with Crippen LogP contribution in [0.15, 0.2) is 0 Å². The van der Waals surface area contributed by atoms with Crippen LogP contribution in [-0.4, -0.2) is 23.7 Å². The molecular weight excluding hydrogens is 276 g/mol. The fourth-order valence-electron chi connectivity index (χ4n) is 5.33. The lowest BCUT2D eigenvalue weighted by atomic mass is 9.45. The first-order chi connectivity index (χ1) is 9.20. The summed E-state index contributed by atoms with van der Waals surface area (Å²) in [6, 6.07) is 0. The van der Waals surface area contributed by atoms with Crippen molar-refractivity contribution in [1.29, 1.82) is 0 Å². The van der Waals surface area contributed by atoms with Gasteiger partial charge in [0.25, 0.3) is 0 Å². The van der Waals surface area contributed by atoms with Crippen molar-refractivity contribution in [3.8, 4) is 0 Å². The minimum absolute atomic E-state index is 0.122. The highest BCUT2D eigenvalue weighted by Crippen LogP contribution is 2.64. The number of carbonyl (C=O) groups excluding carboxylic acids is 1. The standard InChI is InChI=1S/C16H25ClO3/c1-14(2)10-5-8-16(4)11(9-19-13(18)20-16)15(10,3)7-6-12(14)17/h10-12H,5-9H2,1-4H3/t10-,11+,12-,15-,16+/m0/s1. The molecule has 2 aliphatic carbocycles. The van der Waals surface area contributed by atoms with Crippen molar-refractivity contribution >= 4 is 17.8 Å². The summed E-state index contributed by atoms with van der Waals surface area (Å²) in [6.07, 6.45) is 3.61. The Morgan fingerprint density at radius 3 is 2.50 bits per heavy atom. The summed E-state index contributed by atoms with van der Waals surface area (Å²) >= 11 is 6.61. The number of carbonyl (C=O) groups is 1. The predicted octanol–water partition coefficient (Wildman–Crippen LogP) is 4.37. The monoisotopic (exact) mass is 300 g/mol. The molecule has 5 atom stereocenters. The molecule has 3 nitrogen and oxygen atoms in total. The fraction of sp³-hybridized carbons (Fsp3) is 0.938. The number of fused-ring (bicyclic) bond motifs is 3. The van der Waals surface area contributed by atoms with E-state index in [1.54, 1.807) is 0 Å². The lowest BCUT2D eigenvalue weighted by Gasteiger charge is -2.63. The summed E-state index contributed by atoms with van der Waals surface area (Å²) in [4.78, 5) is 11.5. The SMILES string of the molecule is CC1(C)[C@@H](Cl)CC[C@]2(C)[C@H]3COC(=O)O[C@]3(C)CC[C@@H]12. The van der Waals surface area contributed by atoms with Crippen LogP contribution in [0.2, 0.25) is 0 Å². The Labute approximate surface area is 126 Å². The van der Waals surface area contributed by atoms with E-state index in [2.05, 4.69) is 27.7 Å². The maximum atomic E-state index is 11.5. The molecule has 0 unspecified atom stereocenters. The zero-order valence-electron chi connectivity index (χ0n) is 12.9. The Balaban J connectivity index is 1.97. The van der Waals surface area contributed by atoms with Crippen LogP contribution in [0.25, 0.3) is 0 Å². The Bertz CT molecular complexity index is 435. The van der Waals surface area contributed by atoms with Crippen LogP contribution < -0.4 is 0 Å². The topological polar surface area (TPSA) is 35.5 Å². The smallest absolute Gasteiger partial charge is 0.434 e. The summed E-state index contributed by atoms with van der Waals surface area (Å²) in [5, 5.41) is 0.233. The molecule has 0 bridgehead atoms. The molecule has 1 aliphatic heterocycles. The molecular formula is C16H25ClO3. The van der Waals surface area contributed by atoms with Crippen molar-refractivity contribution in [3.63, 3.8) is 0 Å². The molecule has 0 aromatic carbocycles. The molecule has 3 rings (SSSR count). The lowest BCUT2D eigenvalue weighted by molar-refractivity contribution is -0.213. The first-order valence-corrected chi connectivity index (χ1v) is 8.14. The highest BCUT2D eigenvalue weighted by molar-refractivity contribution is 6.21. The van der Waals surface area contributed by atoms with Gasteiger partial charge in [0.05, 0.1) is 0 Å². The first-order valence-electron chi connectivity index (χ1n) is 7.70. The van der Waals surface area contributed by atoms with Gasteiger partial charge in [0, 0.05) is 11.3 Å². The van der Waals surface area contributed by atoms with Gasteiger partial charge in [-0.25, -0.2) is 4.79 Å². The van der Waals surface area contributed by atoms with E-state index >= 15 is 0 Å². The predicted molar refractivity (Wildman–Crippen MR) is 77.8 cm³/mol. The van der Waals surface area contributed by atoms with E-state index < -0.39 is 6.16 Å². The van der Waals surface area contributed by atoms with Crippen LogP contribution in [0.5, 0.6) is 0 Å². The van der Waals surface area contributed by atoms with E-state index in [9.17, 15) is 4.79 Å². The van der Waals surface area contributed by atoms with Crippen molar-refractivity contribution in [2.45, 2.75) is 64.4 Å². The number of rotatable bonds is 0. The molecule has 0 spiro atoms. The normalized spacial score (nSPS) is 50.5. The molecule has 20 heavy (non-hydrogen) atoms. The highest BCUT2D eigenvalue weighted by atomic mass is 35.5. The molecule has 0 radical (unpaired) electrons. The van der Waals surface area contributed by atoms with Gasteiger partial charge in [-0.2, -0.15) is 0 Å². The minimum atomic E-state index is -0.504. The van der Waals surface area contributed by atoms with E-state index in [1.165, 1.54) is 0 Å². The third-order valence-electron chi connectivity index (χ3n) is 6.58. The van der Waals surface area contributed by atoms with Crippen LogP contribution in [0.1, 0.15) is 53.4 Å².